The van der Waals surface area contributed by atoms with E-state index in [0.717, 1.165) is 11.8 Å². The van der Waals surface area contributed by atoms with Crippen LogP contribution in [0.4, 0.5) is 0 Å². The van der Waals surface area contributed by atoms with Crippen molar-refractivity contribution in [2.75, 3.05) is 18.5 Å². The summed E-state index contributed by atoms with van der Waals surface area (Å²) in [5.41, 5.74) is 5.16. The van der Waals surface area contributed by atoms with E-state index in [2.05, 4.69) is 15.9 Å². The fraction of sp³-hybridized carbons (Fsp3) is 0.833. The summed E-state index contributed by atoms with van der Waals surface area (Å²) >= 11 is 3.22. The molecule has 4 nitrogen and oxygen atoms in total. The van der Waals surface area contributed by atoms with Crippen molar-refractivity contribution in [2.24, 2.45) is 5.73 Å². The zero-order valence-electron chi connectivity index (χ0n) is 6.12. The number of ether oxygens (including phenoxy) is 1. The molecule has 0 spiro atoms. The lowest BCUT2D eigenvalue weighted by Crippen LogP contribution is -2.35. The SMILES string of the molecule is NC(COCCCBr)C(=O)O. The van der Waals surface area contributed by atoms with Crippen molar-refractivity contribution in [3.63, 3.8) is 0 Å². The van der Waals surface area contributed by atoms with Crippen LogP contribution in [0, 0.1) is 0 Å². The van der Waals surface area contributed by atoms with Crippen LogP contribution in [0.5, 0.6) is 0 Å². The first-order chi connectivity index (χ1) is 5.18. The number of aliphatic carboxylic acids is 1. The summed E-state index contributed by atoms with van der Waals surface area (Å²) < 4.78 is 4.96. The monoisotopic (exact) mass is 225 g/mol. The summed E-state index contributed by atoms with van der Waals surface area (Å²) in [6, 6.07) is -0.898. The van der Waals surface area contributed by atoms with Gasteiger partial charge in [-0.25, -0.2) is 0 Å². The molecular formula is C6H12BrNO3. The zero-order chi connectivity index (χ0) is 8.69. The highest BCUT2D eigenvalue weighted by atomic mass is 79.9. The summed E-state index contributed by atoms with van der Waals surface area (Å²) in [4.78, 5) is 10.1. The molecule has 0 rings (SSSR count). The van der Waals surface area contributed by atoms with Crippen molar-refractivity contribution >= 4 is 21.9 Å². The second kappa shape index (κ2) is 6.57. The number of hydrogen-bond donors (Lipinski definition) is 2. The van der Waals surface area contributed by atoms with Gasteiger partial charge in [0.05, 0.1) is 6.61 Å². The number of rotatable bonds is 6. The molecule has 0 aromatic carbocycles. The van der Waals surface area contributed by atoms with Gasteiger partial charge in [0.2, 0.25) is 0 Å². The first-order valence-corrected chi connectivity index (χ1v) is 4.42. The van der Waals surface area contributed by atoms with Crippen LogP contribution in [0.3, 0.4) is 0 Å². The van der Waals surface area contributed by atoms with Crippen molar-refractivity contribution in [2.45, 2.75) is 12.5 Å². The van der Waals surface area contributed by atoms with Crippen molar-refractivity contribution in [1.29, 1.82) is 0 Å². The van der Waals surface area contributed by atoms with E-state index < -0.39 is 12.0 Å². The van der Waals surface area contributed by atoms with Gasteiger partial charge in [-0.2, -0.15) is 0 Å². The predicted octanol–water partition coefficient (Wildman–Crippen LogP) is 0.200. The van der Waals surface area contributed by atoms with Crippen LogP contribution in [0.2, 0.25) is 0 Å². The zero-order valence-corrected chi connectivity index (χ0v) is 7.71. The lowest BCUT2D eigenvalue weighted by molar-refractivity contribution is -0.140. The Morgan fingerprint density at radius 3 is 2.82 bits per heavy atom. The number of carboxylic acid groups (broad SMARTS) is 1. The molecule has 0 radical (unpaired) electrons. The van der Waals surface area contributed by atoms with Crippen molar-refractivity contribution in [1.82, 2.24) is 0 Å². The molecule has 3 N–H and O–H groups in total. The molecule has 0 heterocycles. The second-order valence-corrected chi connectivity index (χ2v) is 2.86. The maximum absolute atomic E-state index is 10.1. The molecule has 0 saturated carbocycles. The molecule has 0 aliphatic carbocycles. The van der Waals surface area contributed by atoms with Gasteiger partial charge in [-0.05, 0) is 6.42 Å². The predicted molar refractivity (Wildman–Crippen MR) is 44.8 cm³/mol. The molecule has 1 unspecified atom stereocenters. The minimum absolute atomic E-state index is 0.0856. The van der Waals surface area contributed by atoms with Gasteiger partial charge in [-0.3, -0.25) is 4.79 Å². The van der Waals surface area contributed by atoms with E-state index in [1.165, 1.54) is 0 Å². The van der Waals surface area contributed by atoms with Crippen molar-refractivity contribution in [3.05, 3.63) is 0 Å². The van der Waals surface area contributed by atoms with E-state index in [1.807, 2.05) is 0 Å². The van der Waals surface area contributed by atoms with Crippen LogP contribution in [0.25, 0.3) is 0 Å². The van der Waals surface area contributed by atoms with E-state index in [4.69, 9.17) is 15.6 Å². The largest absolute Gasteiger partial charge is 0.480 e. The minimum atomic E-state index is -1.02. The molecule has 5 heteroatoms. The van der Waals surface area contributed by atoms with E-state index in [1.54, 1.807) is 0 Å². The Morgan fingerprint density at radius 1 is 1.73 bits per heavy atom. The van der Waals surface area contributed by atoms with E-state index >= 15 is 0 Å². The average molecular weight is 226 g/mol. The Bertz CT molecular complexity index is 120. The summed E-state index contributed by atoms with van der Waals surface area (Å²) in [5, 5.41) is 9.18. The smallest absolute Gasteiger partial charge is 0.322 e. The lowest BCUT2D eigenvalue weighted by atomic mass is 10.3. The number of halogens is 1. The summed E-state index contributed by atoms with van der Waals surface area (Å²) in [7, 11) is 0. The van der Waals surface area contributed by atoms with Crippen molar-refractivity contribution in [3.8, 4) is 0 Å². The van der Waals surface area contributed by atoms with Crippen LogP contribution < -0.4 is 5.73 Å². The molecule has 0 aliphatic rings. The number of nitrogens with two attached hydrogens (primary N) is 1. The standard InChI is InChI=1S/C6H12BrNO3/c7-2-1-3-11-4-5(8)6(9)10/h5H,1-4,8H2,(H,9,10). The van der Waals surface area contributed by atoms with Crippen LogP contribution in [0.1, 0.15) is 6.42 Å². The molecule has 0 aliphatic heterocycles. The van der Waals surface area contributed by atoms with E-state index in [0.29, 0.717) is 6.61 Å². The van der Waals surface area contributed by atoms with Gasteiger partial charge >= 0.3 is 5.97 Å². The third kappa shape index (κ3) is 6.28. The van der Waals surface area contributed by atoms with Gasteiger partial charge in [0.25, 0.3) is 0 Å². The van der Waals surface area contributed by atoms with Gasteiger partial charge in [-0.15, -0.1) is 0 Å². The molecule has 0 amide bonds. The fourth-order valence-corrected chi connectivity index (χ4v) is 0.667. The molecule has 0 aromatic heterocycles. The minimum Gasteiger partial charge on any atom is -0.480 e. The third-order valence-electron chi connectivity index (χ3n) is 1.04. The quantitative estimate of drug-likeness (QED) is 0.501. The highest BCUT2D eigenvalue weighted by Gasteiger charge is 2.10. The lowest BCUT2D eigenvalue weighted by Gasteiger charge is -2.05. The number of hydrogen-bond acceptors (Lipinski definition) is 3. The molecule has 0 fully saturated rings. The van der Waals surface area contributed by atoms with Gasteiger partial charge in [0.15, 0.2) is 0 Å². The fourth-order valence-electron chi connectivity index (χ4n) is 0.438. The van der Waals surface area contributed by atoms with Gasteiger partial charge in [0.1, 0.15) is 6.04 Å². The normalized spacial score (nSPS) is 12.9. The summed E-state index contributed by atoms with van der Waals surface area (Å²) in [6.07, 6.45) is 0.867. The highest BCUT2D eigenvalue weighted by molar-refractivity contribution is 9.09. The molecule has 0 saturated heterocycles. The number of carbonyl (C=O) groups is 1. The number of alkyl halides is 1. The first-order valence-electron chi connectivity index (χ1n) is 3.30. The second-order valence-electron chi connectivity index (χ2n) is 2.06. The van der Waals surface area contributed by atoms with Gasteiger partial charge in [0, 0.05) is 11.9 Å². The molecule has 66 valence electrons. The highest BCUT2D eigenvalue weighted by Crippen LogP contribution is 1.89. The first kappa shape index (κ1) is 10.9. The molecular weight excluding hydrogens is 214 g/mol. The van der Waals surface area contributed by atoms with E-state index in [9.17, 15) is 4.79 Å². The Balaban J connectivity index is 3.17. The molecule has 0 bridgehead atoms. The van der Waals surface area contributed by atoms with Crippen LogP contribution in [-0.2, 0) is 9.53 Å². The number of carboxylic acids is 1. The van der Waals surface area contributed by atoms with Crippen LogP contribution >= 0.6 is 15.9 Å². The molecule has 1 atom stereocenters. The van der Waals surface area contributed by atoms with Gasteiger partial charge < -0.3 is 15.6 Å². The van der Waals surface area contributed by atoms with Gasteiger partial charge in [-0.1, -0.05) is 15.9 Å². The van der Waals surface area contributed by atoms with Crippen LogP contribution in [-0.4, -0.2) is 35.7 Å². The average Bonchev–Trinajstić information content (AvgIpc) is 1.97. The van der Waals surface area contributed by atoms with E-state index in [-0.39, 0.29) is 6.61 Å². The third-order valence-corrected chi connectivity index (χ3v) is 1.60. The molecule has 11 heavy (non-hydrogen) atoms. The summed E-state index contributed by atoms with van der Waals surface area (Å²) in [6.45, 7) is 0.633. The maximum Gasteiger partial charge on any atom is 0.322 e. The topological polar surface area (TPSA) is 72.5 Å². The Morgan fingerprint density at radius 2 is 2.36 bits per heavy atom. The Labute approximate surface area is 73.8 Å². The Hall–Kier alpha value is -0.130. The molecule has 0 aromatic rings. The van der Waals surface area contributed by atoms with Crippen molar-refractivity contribution < 1.29 is 14.6 Å². The van der Waals surface area contributed by atoms with Crippen LogP contribution in [0.15, 0.2) is 0 Å². The Kier molecular flexibility index (Phi) is 6.49. The summed E-state index contributed by atoms with van der Waals surface area (Å²) in [5.74, 6) is -1.02. The maximum atomic E-state index is 10.1.